The summed E-state index contributed by atoms with van der Waals surface area (Å²) in [5.41, 5.74) is 11.2. The zero-order valence-corrected chi connectivity index (χ0v) is 19.1. The minimum Gasteiger partial charge on any atom is -0.753 e. The second kappa shape index (κ2) is 16.8. The van der Waals surface area contributed by atoms with Gasteiger partial charge < -0.3 is 10.8 Å². The third kappa shape index (κ3) is 10.5. The summed E-state index contributed by atoms with van der Waals surface area (Å²) in [5.74, 6) is 0. The Balaban J connectivity index is 0.000000380. The number of hydrogen-bond donors (Lipinski definition) is 0. The second-order valence-corrected chi connectivity index (χ2v) is 6.92. The van der Waals surface area contributed by atoms with E-state index < -0.39 is 0 Å². The number of rotatable bonds is 2. The predicted octanol–water partition coefficient (Wildman–Crippen LogP) is 5.85. The van der Waals surface area contributed by atoms with E-state index in [1.807, 2.05) is 43.6 Å². The third-order valence-corrected chi connectivity index (χ3v) is 4.60. The van der Waals surface area contributed by atoms with Gasteiger partial charge in [0, 0.05) is 21.5 Å². The first-order valence-electron chi connectivity index (χ1n) is 6.32. The molecule has 0 atom stereocenters. The standard InChI is InChI=1S/2C6H4N2S2.2CNS.Fe/c2*1-5(7-3-9-1)6-2-10-4-8-6;2*2-1-3;/h2*1-4H;;;/q;;2*-1;+2. The summed E-state index contributed by atoms with van der Waals surface area (Å²) in [4.78, 5) is 16.5. The molecule has 4 aromatic heterocycles. The Bertz CT molecular complexity index is 737. The fraction of sp³-hybridized carbons (Fsp3) is 0. The maximum absolute atomic E-state index is 7.13. The molecule has 0 aliphatic carbocycles. The van der Waals surface area contributed by atoms with Crippen LogP contribution in [0.3, 0.4) is 0 Å². The Morgan fingerprint density at radius 3 is 0.889 bits per heavy atom. The van der Waals surface area contributed by atoms with Crippen LogP contribution in [0, 0.1) is 0 Å². The average Bonchev–Trinajstić information content (AvgIpc) is 3.48. The van der Waals surface area contributed by atoms with Crippen LogP contribution in [0.2, 0.25) is 0 Å². The normalized spacial score (nSPS) is 8.00. The molecule has 0 aromatic carbocycles. The van der Waals surface area contributed by atoms with Gasteiger partial charge in [-0.3, -0.25) is 0 Å². The summed E-state index contributed by atoms with van der Waals surface area (Å²) in [6.07, 6.45) is 0. The molecule has 0 aliphatic rings. The number of isothiocyanates is 2. The van der Waals surface area contributed by atoms with Crippen molar-refractivity contribution in [3.8, 4) is 22.8 Å². The van der Waals surface area contributed by atoms with Crippen molar-refractivity contribution < 1.29 is 17.1 Å². The molecule has 13 heteroatoms. The number of thiocarbonyl (C=S) groups is 2. The van der Waals surface area contributed by atoms with E-state index in [0.717, 1.165) is 22.8 Å². The molecule has 0 unspecified atom stereocenters. The number of thiazole rings is 4. The van der Waals surface area contributed by atoms with Crippen molar-refractivity contribution in [2.45, 2.75) is 0 Å². The molecule has 0 radical (unpaired) electrons. The van der Waals surface area contributed by atoms with Gasteiger partial charge >= 0.3 is 17.1 Å². The molecule has 6 nitrogen and oxygen atoms in total. The SMILES string of the molecule is [Fe+2].[N-]=C=S.[N-]=C=S.c1nc(-c2cscn2)cs1.c1nc(-c2cscn2)cs1. The van der Waals surface area contributed by atoms with Crippen LogP contribution in [0.5, 0.6) is 0 Å². The molecule has 4 rings (SSSR count). The third-order valence-electron chi connectivity index (χ3n) is 2.25. The summed E-state index contributed by atoms with van der Waals surface area (Å²) >= 11 is 13.8. The van der Waals surface area contributed by atoms with Gasteiger partial charge in [-0.05, 0) is 0 Å². The number of hydrogen-bond acceptors (Lipinski definition) is 10. The minimum absolute atomic E-state index is 0. The van der Waals surface area contributed by atoms with E-state index >= 15 is 0 Å². The van der Waals surface area contributed by atoms with E-state index in [2.05, 4.69) is 44.4 Å². The molecule has 138 valence electrons. The Morgan fingerprint density at radius 2 is 0.778 bits per heavy atom. The Labute approximate surface area is 192 Å². The van der Waals surface area contributed by atoms with Crippen molar-refractivity contribution >= 4 is 80.1 Å². The summed E-state index contributed by atoms with van der Waals surface area (Å²) in [7, 11) is 0. The molecule has 0 saturated carbocycles. The molecule has 0 fully saturated rings. The first-order chi connectivity index (χ1) is 12.8. The van der Waals surface area contributed by atoms with Gasteiger partial charge in [-0.25, -0.2) is 19.9 Å². The van der Waals surface area contributed by atoms with Crippen molar-refractivity contribution in [3.63, 3.8) is 0 Å². The van der Waals surface area contributed by atoms with Gasteiger partial charge in [0.2, 0.25) is 0 Å². The van der Waals surface area contributed by atoms with E-state index in [0.29, 0.717) is 0 Å². The number of nitrogens with zero attached hydrogens (tertiary/aromatic N) is 6. The summed E-state index contributed by atoms with van der Waals surface area (Å²) < 4.78 is 0. The largest absolute Gasteiger partial charge is 2.00 e. The first-order valence-corrected chi connectivity index (χ1v) is 10.9. The van der Waals surface area contributed by atoms with E-state index in [1.54, 1.807) is 45.3 Å². The van der Waals surface area contributed by atoms with E-state index in [9.17, 15) is 0 Å². The molecule has 0 aliphatic heterocycles. The fourth-order valence-corrected chi connectivity index (χ4v) is 3.54. The van der Waals surface area contributed by atoms with Crippen molar-refractivity contribution in [2.75, 3.05) is 0 Å². The minimum atomic E-state index is 0. The number of aromatic nitrogens is 4. The Hall–Kier alpha value is -1.36. The van der Waals surface area contributed by atoms with Gasteiger partial charge in [0.05, 0.1) is 22.0 Å². The van der Waals surface area contributed by atoms with Crippen LogP contribution in [0.1, 0.15) is 0 Å². The first kappa shape index (κ1) is 25.6. The van der Waals surface area contributed by atoms with Gasteiger partial charge in [0.25, 0.3) is 0 Å². The van der Waals surface area contributed by atoms with E-state index in [1.165, 1.54) is 10.3 Å². The summed E-state index contributed by atoms with van der Waals surface area (Å²) in [5, 5.41) is 24.9. The molecule has 0 spiro atoms. The summed E-state index contributed by atoms with van der Waals surface area (Å²) in [6, 6.07) is 0. The smallest absolute Gasteiger partial charge is 0.753 e. The van der Waals surface area contributed by atoms with Crippen LogP contribution in [0.15, 0.2) is 43.6 Å². The van der Waals surface area contributed by atoms with Crippen molar-refractivity contribution in [2.24, 2.45) is 0 Å². The second-order valence-electron chi connectivity index (χ2n) is 3.68. The molecule has 0 bridgehead atoms. The molecular weight excluding hydrogens is 500 g/mol. The molecule has 0 amide bonds. The Morgan fingerprint density at radius 1 is 0.593 bits per heavy atom. The molecule has 27 heavy (non-hydrogen) atoms. The molecule has 4 aromatic rings. The van der Waals surface area contributed by atoms with Crippen molar-refractivity contribution in [1.29, 1.82) is 0 Å². The molecule has 4 heterocycles. The van der Waals surface area contributed by atoms with Crippen LogP contribution in [-0.2, 0) is 17.1 Å². The van der Waals surface area contributed by atoms with Crippen LogP contribution in [0.4, 0.5) is 0 Å². The maximum Gasteiger partial charge on any atom is 2.00 e. The fourth-order valence-electron chi connectivity index (χ4n) is 1.36. The Kier molecular flexibility index (Phi) is 15.9. The van der Waals surface area contributed by atoms with E-state index in [-0.39, 0.29) is 17.1 Å². The van der Waals surface area contributed by atoms with Gasteiger partial charge in [0.15, 0.2) is 0 Å². The predicted molar refractivity (Wildman–Crippen MR) is 118 cm³/mol. The van der Waals surface area contributed by atoms with Crippen LogP contribution in [-0.4, -0.2) is 30.3 Å². The quantitative estimate of drug-likeness (QED) is 0.192. The topological polar surface area (TPSA) is 96.2 Å². The zero-order valence-electron chi connectivity index (χ0n) is 13.1. The monoisotopic (exact) mass is 508 g/mol. The summed E-state index contributed by atoms with van der Waals surface area (Å²) in [6.45, 7) is 0. The molecule has 0 N–H and O–H groups in total. The van der Waals surface area contributed by atoms with Gasteiger partial charge in [-0.15, -0.1) is 45.3 Å². The van der Waals surface area contributed by atoms with Crippen LogP contribution in [0.25, 0.3) is 33.6 Å². The van der Waals surface area contributed by atoms with Gasteiger partial charge in [-0.1, -0.05) is 24.4 Å². The van der Waals surface area contributed by atoms with Gasteiger partial charge in [-0.2, -0.15) is 10.3 Å². The van der Waals surface area contributed by atoms with Crippen molar-refractivity contribution in [3.05, 3.63) is 54.4 Å². The maximum atomic E-state index is 7.13. The van der Waals surface area contributed by atoms with Crippen LogP contribution < -0.4 is 0 Å². The zero-order chi connectivity index (χ0) is 19.0. The van der Waals surface area contributed by atoms with Gasteiger partial charge in [0.1, 0.15) is 22.8 Å². The average molecular weight is 509 g/mol. The van der Waals surface area contributed by atoms with Crippen LogP contribution >= 0.6 is 69.8 Å². The van der Waals surface area contributed by atoms with E-state index in [4.69, 9.17) is 10.8 Å². The molecule has 0 saturated heterocycles. The molecular formula is C14H8FeN6S6. The van der Waals surface area contributed by atoms with Crippen molar-refractivity contribution in [1.82, 2.24) is 19.9 Å².